The van der Waals surface area contributed by atoms with E-state index in [1.54, 1.807) is 44.6 Å². The average molecular weight is 395 g/mol. The minimum absolute atomic E-state index is 0.0875. The summed E-state index contributed by atoms with van der Waals surface area (Å²) in [7, 11) is 3.14. The lowest BCUT2D eigenvalue weighted by molar-refractivity contribution is -0.140. The number of carbonyl (C=O) groups excluding carboxylic acids is 2. The fraction of sp³-hybridized carbons (Fsp3) is 0.304. The monoisotopic (exact) mass is 395 g/mol. The molecule has 1 atom stereocenters. The van der Waals surface area contributed by atoms with Crippen molar-refractivity contribution in [1.29, 1.82) is 0 Å². The molecular formula is C23H25NO5. The molecule has 6 heteroatoms. The zero-order valence-corrected chi connectivity index (χ0v) is 16.8. The molecule has 3 rings (SSSR count). The van der Waals surface area contributed by atoms with Gasteiger partial charge in [0.25, 0.3) is 11.7 Å². The van der Waals surface area contributed by atoms with Gasteiger partial charge in [-0.1, -0.05) is 42.0 Å². The topological polar surface area (TPSA) is 76.1 Å². The molecule has 1 fully saturated rings. The van der Waals surface area contributed by atoms with Crippen LogP contribution in [0.1, 0.15) is 29.2 Å². The van der Waals surface area contributed by atoms with Crippen LogP contribution in [0.4, 0.5) is 0 Å². The number of aryl methyl sites for hydroxylation is 1. The summed E-state index contributed by atoms with van der Waals surface area (Å²) in [6.07, 6.45) is 0.578. The third-order valence-electron chi connectivity index (χ3n) is 5.02. The molecule has 6 nitrogen and oxygen atoms in total. The first-order chi connectivity index (χ1) is 14.0. The number of amides is 1. The van der Waals surface area contributed by atoms with Gasteiger partial charge in [0, 0.05) is 25.8 Å². The number of methoxy groups -OCH3 is 2. The van der Waals surface area contributed by atoms with Gasteiger partial charge in [-0.2, -0.15) is 0 Å². The lowest BCUT2D eigenvalue weighted by Crippen LogP contribution is -2.31. The van der Waals surface area contributed by atoms with Crippen LogP contribution >= 0.6 is 0 Å². The largest absolute Gasteiger partial charge is 0.507 e. The first-order valence-corrected chi connectivity index (χ1v) is 9.46. The predicted octanol–water partition coefficient (Wildman–Crippen LogP) is 3.46. The van der Waals surface area contributed by atoms with Gasteiger partial charge in [-0.05, 0) is 31.0 Å². The second-order valence-electron chi connectivity index (χ2n) is 6.98. The molecular weight excluding hydrogens is 370 g/mol. The molecule has 1 heterocycles. The van der Waals surface area contributed by atoms with E-state index in [4.69, 9.17) is 9.47 Å². The summed E-state index contributed by atoms with van der Waals surface area (Å²) in [4.78, 5) is 27.2. The third kappa shape index (κ3) is 4.17. The highest BCUT2D eigenvalue weighted by atomic mass is 16.5. The molecule has 1 saturated heterocycles. The molecule has 2 aromatic carbocycles. The van der Waals surface area contributed by atoms with E-state index in [9.17, 15) is 14.7 Å². The number of hydrogen-bond acceptors (Lipinski definition) is 5. The van der Waals surface area contributed by atoms with Gasteiger partial charge in [-0.25, -0.2) is 0 Å². The molecule has 1 amide bonds. The van der Waals surface area contributed by atoms with Gasteiger partial charge in [-0.3, -0.25) is 9.59 Å². The van der Waals surface area contributed by atoms with Crippen LogP contribution in [0.5, 0.6) is 5.75 Å². The first kappa shape index (κ1) is 20.6. The summed E-state index contributed by atoms with van der Waals surface area (Å²) >= 11 is 0. The van der Waals surface area contributed by atoms with E-state index in [-0.39, 0.29) is 11.3 Å². The maximum absolute atomic E-state index is 12.9. The number of rotatable bonds is 7. The minimum Gasteiger partial charge on any atom is -0.507 e. The van der Waals surface area contributed by atoms with Gasteiger partial charge in [0.1, 0.15) is 11.5 Å². The molecule has 1 aliphatic heterocycles. The Hall–Kier alpha value is -3.12. The number of aliphatic hydroxyl groups excluding tert-OH is 1. The summed E-state index contributed by atoms with van der Waals surface area (Å²) in [6, 6.07) is 13.7. The van der Waals surface area contributed by atoms with Crippen molar-refractivity contribution >= 4 is 17.4 Å². The van der Waals surface area contributed by atoms with Crippen molar-refractivity contribution in [3.63, 3.8) is 0 Å². The van der Waals surface area contributed by atoms with Gasteiger partial charge < -0.3 is 19.5 Å². The number of carbonyl (C=O) groups is 2. The molecule has 0 saturated carbocycles. The van der Waals surface area contributed by atoms with Gasteiger partial charge in [0.15, 0.2) is 0 Å². The average Bonchev–Trinajstić information content (AvgIpc) is 2.99. The van der Waals surface area contributed by atoms with Crippen molar-refractivity contribution in [2.75, 3.05) is 27.4 Å². The number of hydrogen-bond donors (Lipinski definition) is 1. The van der Waals surface area contributed by atoms with E-state index in [2.05, 4.69) is 0 Å². The Kier molecular flexibility index (Phi) is 6.34. The van der Waals surface area contributed by atoms with E-state index in [1.807, 2.05) is 25.1 Å². The zero-order valence-electron chi connectivity index (χ0n) is 16.8. The van der Waals surface area contributed by atoms with Gasteiger partial charge in [-0.15, -0.1) is 0 Å². The molecule has 0 spiro atoms. The Bertz CT molecular complexity index is 933. The number of ketones is 1. The summed E-state index contributed by atoms with van der Waals surface area (Å²) in [5.41, 5.74) is 2.32. The molecule has 0 aliphatic carbocycles. The van der Waals surface area contributed by atoms with E-state index < -0.39 is 17.7 Å². The van der Waals surface area contributed by atoms with Crippen LogP contribution in [0.15, 0.2) is 54.1 Å². The maximum Gasteiger partial charge on any atom is 0.295 e. The molecule has 1 N–H and O–H groups in total. The Labute approximate surface area is 170 Å². The van der Waals surface area contributed by atoms with Crippen molar-refractivity contribution in [2.24, 2.45) is 0 Å². The van der Waals surface area contributed by atoms with Crippen molar-refractivity contribution in [2.45, 2.75) is 19.4 Å². The fourth-order valence-corrected chi connectivity index (χ4v) is 3.51. The molecule has 0 radical (unpaired) electrons. The second-order valence-corrected chi connectivity index (χ2v) is 6.98. The number of ether oxygens (including phenoxy) is 2. The third-order valence-corrected chi connectivity index (χ3v) is 5.02. The van der Waals surface area contributed by atoms with Crippen LogP contribution in [0, 0.1) is 6.92 Å². The minimum atomic E-state index is -0.691. The zero-order chi connectivity index (χ0) is 21.0. The van der Waals surface area contributed by atoms with Crippen LogP contribution in [-0.4, -0.2) is 49.1 Å². The molecule has 0 aromatic heterocycles. The molecule has 152 valence electrons. The van der Waals surface area contributed by atoms with E-state index in [0.717, 1.165) is 5.56 Å². The summed E-state index contributed by atoms with van der Waals surface area (Å²) in [6.45, 7) is 2.74. The Morgan fingerprint density at radius 3 is 2.48 bits per heavy atom. The van der Waals surface area contributed by atoms with Crippen molar-refractivity contribution in [3.8, 4) is 5.75 Å². The Morgan fingerprint density at radius 2 is 1.83 bits per heavy atom. The molecule has 29 heavy (non-hydrogen) atoms. The molecule has 0 bridgehead atoms. The smallest absolute Gasteiger partial charge is 0.295 e. The molecule has 1 aliphatic rings. The number of benzene rings is 2. The van der Waals surface area contributed by atoms with Gasteiger partial charge in [0.2, 0.25) is 0 Å². The molecule has 2 aromatic rings. The van der Waals surface area contributed by atoms with Crippen LogP contribution in [-0.2, 0) is 14.3 Å². The van der Waals surface area contributed by atoms with Crippen LogP contribution < -0.4 is 4.74 Å². The van der Waals surface area contributed by atoms with Crippen LogP contribution in [0.25, 0.3) is 5.76 Å². The predicted molar refractivity (Wildman–Crippen MR) is 110 cm³/mol. The number of nitrogens with zero attached hydrogens (tertiary/aromatic N) is 1. The summed E-state index contributed by atoms with van der Waals surface area (Å²) in [5, 5.41) is 11.0. The Balaban J connectivity index is 2.12. The second kappa shape index (κ2) is 8.92. The van der Waals surface area contributed by atoms with Crippen molar-refractivity contribution in [3.05, 3.63) is 70.8 Å². The van der Waals surface area contributed by atoms with E-state index in [1.165, 1.54) is 4.90 Å². The van der Waals surface area contributed by atoms with Gasteiger partial charge in [0.05, 0.1) is 18.7 Å². The highest BCUT2D eigenvalue weighted by Gasteiger charge is 2.45. The summed E-state index contributed by atoms with van der Waals surface area (Å²) in [5.74, 6) is -0.873. The first-order valence-electron chi connectivity index (χ1n) is 9.46. The lowest BCUT2D eigenvalue weighted by Gasteiger charge is -2.25. The van der Waals surface area contributed by atoms with Crippen LogP contribution in [0.3, 0.4) is 0 Å². The van der Waals surface area contributed by atoms with Crippen LogP contribution in [0.2, 0.25) is 0 Å². The normalized spacial score (nSPS) is 18.3. The van der Waals surface area contributed by atoms with Gasteiger partial charge >= 0.3 is 0 Å². The maximum atomic E-state index is 12.9. The Morgan fingerprint density at radius 1 is 1.10 bits per heavy atom. The van der Waals surface area contributed by atoms with E-state index in [0.29, 0.717) is 36.4 Å². The number of Topliss-reactive ketones (excluding diaryl/α,β-unsaturated/α-hetero) is 1. The van der Waals surface area contributed by atoms with Crippen molar-refractivity contribution in [1.82, 2.24) is 4.90 Å². The van der Waals surface area contributed by atoms with Crippen molar-refractivity contribution < 1.29 is 24.2 Å². The lowest BCUT2D eigenvalue weighted by atomic mass is 9.95. The standard InChI is InChI=1S/C23H25NO5/c1-15-8-10-16(11-9-15)21(25)19-20(17-6-4-7-18(14-17)29-3)24(12-5-13-28-2)23(27)22(19)26/h4,6-11,14,20,25H,5,12-13H2,1-3H3/b21-19+/t20-/m0/s1. The quantitative estimate of drug-likeness (QED) is 0.336. The summed E-state index contributed by atoms with van der Waals surface area (Å²) < 4.78 is 10.4. The SMILES string of the molecule is COCCCN1C(=O)C(=O)/C(=C(/O)c2ccc(C)cc2)[C@@H]1c1cccc(OC)c1. The highest BCUT2D eigenvalue weighted by molar-refractivity contribution is 6.46. The fourth-order valence-electron chi connectivity index (χ4n) is 3.51. The van der Waals surface area contributed by atoms with E-state index >= 15 is 0 Å². The molecule has 0 unspecified atom stereocenters. The number of aliphatic hydroxyl groups is 1. The number of likely N-dealkylation sites (tertiary alicyclic amines) is 1. The highest BCUT2D eigenvalue weighted by Crippen LogP contribution is 2.40.